The molecule has 0 unspecified atom stereocenters. The molecule has 178 valence electrons. The van der Waals surface area contributed by atoms with Gasteiger partial charge in [-0.05, 0) is 50.3 Å². The van der Waals surface area contributed by atoms with Gasteiger partial charge in [-0.2, -0.15) is 5.10 Å². The number of aliphatic hydroxyl groups is 1. The Morgan fingerprint density at radius 3 is 2.62 bits per heavy atom. The van der Waals surface area contributed by atoms with E-state index in [2.05, 4.69) is 19.8 Å². The van der Waals surface area contributed by atoms with Crippen LogP contribution < -0.4 is 10.5 Å². The van der Waals surface area contributed by atoms with E-state index < -0.39 is 10.0 Å². The fourth-order valence-corrected chi connectivity index (χ4v) is 5.76. The predicted octanol–water partition coefficient (Wildman–Crippen LogP) is 2.27. The van der Waals surface area contributed by atoms with Crippen molar-refractivity contribution < 1.29 is 13.5 Å². The van der Waals surface area contributed by atoms with Crippen LogP contribution in [0.5, 0.6) is 0 Å². The fourth-order valence-electron chi connectivity index (χ4n) is 4.43. The second-order valence-electron chi connectivity index (χ2n) is 8.85. The Bertz CT molecular complexity index is 1470. The summed E-state index contributed by atoms with van der Waals surface area (Å²) in [5.74, 6) is 0.273. The van der Waals surface area contributed by atoms with Crippen molar-refractivity contribution in [2.75, 3.05) is 5.73 Å². The highest BCUT2D eigenvalue weighted by atomic mass is 32.2. The molecule has 10 nitrogen and oxygen atoms in total. The number of aryl methyl sites for hydroxylation is 2. The quantitative estimate of drug-likeness (QED) is 0.397. The van der Waals surface area contributed by atoms with Crippen molar-refractivity contribution in [2.45, 2.75) is 49.6 Å². The normalized spacial score (nSPS) is 19.0. The number of hydrogen-bond donors (Lipinski definition) is 3. The Morgan fingerprint density at radius 2 is 1.91 bits per heavy atom. The van der Waals surface area contributed by atoms with Crippen LogP contribution in [0.2, 0.25) is 0 Å². The molecule has 0 aliphatic heterocycles. The lowest BCUT2D eigenvalue weighted by Gasteiger charge is -2.26. The van der Waals surface area contributed by atoms with Crippen LogP contribution in [0, 0.1) is 6.92 Å². The van der Waals surface area contributed by atoms with Gasteiger partial charge in [0.15, 0.2) is 11.5 Å². The molecule has 11 heteroatoms. The van der Waals surface area contributed by atoms with Gasteiger partial charge in [-0.3, -0.25) is 9.08 Å². The molecule has 1 aromatic carbocycles. The van der Waals surface area contributed by atoms with Gasteiger partial charge in [0.25, 0.3) is 0 Å². The van der Waals surface area contributed by atoms with Crippen LogP contribution in [-0.4, -0.2) is 49.8 Å². The average molecular weight is 482 g/mol. The molecule has 1 aliphatic carbocycles. The number of hydrogen-bond acceptors (Lipinski definition) is 7. The van der Waals surface area contributed by atoms with Gasteiger partial charge >= 0.3 is 0 Å². The number of imidazole rings is 1. The molecular formula is C23H27N7O3S. The van der Waals surface area contributed by atoms with Crippen molar-refractivity contribution in [3.63, 3.8) is 0 Å². The van der Waals surface area contributed by atoms with Crippen LogP contribution >= 0.6 is 0 Å². The highest BCUT2D eigenvalue weighted by Crippen LogP contribution is 2.30. The van der Waals surface area contributed by atoms with Gasteiger partial charge in [0.05, 0.1) is 34.8 Å². The Morgan fingerprint density at radius 1 is 1.15 bits per heavy atom. The molecule has 3 heterocycles. The second kappa shape index (κ2) is 8.49. The number of anilines is 1. The zero-order chi connectivity index (χ0) is 24.0. The molecule has 4 aromatic rings. The summed E-state index contributed by atoms with van der Waals surface area (Å²) < 4.78 is 32.6. The Labute approximate surface area is 197 Å². The van der Waals surface area contributed by atoms with Gasteiger partial charge in [-0.1, -0.05) is 6.07 Å². The number of nitrogens with zero attached hydrogens (tertiary/aromatic N) is 5. The number of aromatic nitrogens is 5. The molecule has 4 N–H and O–H groups in total. The molecule has 0 saturated heterocycles. The van der Waals surface area contributed by atoms with Gasteiger partial charge in [-0.15, -0.1) is 0 Å². The third-order valence-corrected chi connectivity index (χ3v) is 7.85. The molecule has 0 bridgehead atoms. The van der Waals surface area contributed by atoms with Crippen LogP contribution in [-0.2, 0) is 17.1 Å². The van der Waals surface area contributed by atoms with Crippen LogP contribution in [0.3, 0.4) is 0 Å². The van der Waals surface area contributed by atoms with Gasteiger partial charge in [0.2, 0.25) is 10.0 Å². The lowest BCUT2D eigenvalue weighted by Crippen LogP contribution is -2.38. The molecule has 0 atom stereocenters. The number of nitrogen functional groups attached to an aromatic ring is 1. The zero-order valence-corrected chi connectivity index (χ0v) is 19.8. The van der Waals surface area contributed by atoms with Crippen LogP contribution in [0.15, 0.2) is 47.9 Å². The minimum Gasteiger partial charge on any atom is -0.393 e. The molecule has 0 radical (unpaired) electrons. The molecule has 1 aliphatic rings. The minimum absolute atomic E-state index is 0.179. The first-order valence-corrected chi connectivity index (χ1v) is 12.6. The second-order valence-corrected chi connectivity index (χ2v) is 10.6. The first kappa shape index (κ1) is 22.5. The first-order chi connectivity index (χ1) is 16.2. The summed E-state index contributed by atoms with van der Waals surface area (Å²) in [6.45, 7) is 1.92. The highest BCUT2D eigenvalue weighted by molar-refractivity contribution is 7.89. The topological polar surface area (TPSA) is 140 Å². The van der Waals surface area contributed by atoms with E-state index in [1.807, 2.05) is 30.8 Å². The highest BCUT2D eigenvalue weighted by Gasteiger charge is 2.25. The van der Waals surface area contributed by atoms with Crippen molar-refractivity contribution in [1.82, 2.24) is 28.9 Å². The maximum Gasteiger partial charge on any atom is 0.240 e. The average Bonchev–Trinajstić information content (AvgIpc) is 3.42. The molecule has 5 rings (SSSR count). The standard InChI is InChI=1S/C23H27N7O3S/c1-14-3-8-18(34(32,33)28-16-4-6-17(31)7-5-16)9-19(14)21-11-25-23-22(24)27-20(13-30(21)23)15-10-26-29(2)12-15/h3,8-13,16-17,28,31H,4-7H2,1-2H3,(H2,24,27). The summed E-state index contributed by atoms with van der Waals surface area (Å²) in [4.78, 5) is 9.08. The number of benzene rings is 1. The van der Waals surface area contributed by atoms with Crippen molar-refractivity contribution in [1.29, 1.82) is 0 Å². The van der Waals surface area contributed by atoms with E-state index in [4.69, 9.17) is 5.73 Å². The number of nitrogens with one attached hydrogen (secondary N) is 1. The summed E-state index contributed by atoms with van der Waals surface area (Å²) in [6.07, 6.45) is 9.15. The predicted molar refractivity (Wildman–Crippen MR) is 128 cm³/mol. The van der Waals surface area contributed by atoms with Gasteiger partial charge in [0, 0.05) is 36.6 Å². The Kier molecular flexibility index (Phi) is 5.62. The van der Waals surface area contributed by atoms with E-state index >= 15 is 0 Å². The molecular weight excluding hydrogens is 454 g/mol. The van der Waals surface area contributed by atoms with Crippen molar-refractivity contribution in [3.8, 4) is 22.5 Å². The molecule has 0 amide bonds. The van der Waals surface area contributed by atoms with Gasteiger partial charge in [-0.25, -0.2) is 23.1 Å². The van der Waals surface area contributed by atoms with Crippen molar-refractivity contribution >= 4 is 21.5 Å². The third-order valence-electron chi connectivity index (χ3n) is 6.33. The maximum absolute atomic E-state index is 13.1. The summed E-state index contributed by atoms with van der Waals surface area (Å²) in [6, 6.07) is 4.89. The Balaban J connectivity index is 1.54. The largest absolute Gasteiger partial charge is 0.393 e. The van der Waals surface area contributed by atoms with Gasteiger partial charge < -0.3 is 10.8 Å². The van der Waals surface area contributed by atoms with Gasteiger partial charge in [0.1, 0.15) is 0 Å². The first-order valence-electron chi connectivity index (χ1n) is 11.2. The minimum atomic E-state index is -3.73. The van der Waals surface area contributed by atoms with E-state index in [0.717, 1.165) is 16.7 Å². The van der Waals surface area contributed by atoms with Crippen molar-refractivity contribution in [2.24, 2.45) is 7.05 Å². The third kappa shape index (κ3) is 4.17. The van der Waals surface area contributed by atoms with E-state index in [9.17, 15) is 13.5 Å². The summed E-state index contributed by atoms with van der Waals surface area (Å²) >= 11 is 0. The molecule has 1 fully saturated rings. The zero-order valence-electron chi connectivity index (χ0n) is 19.0. The van der Waals surface area contributed by atoms with Crippen LogP contribution in [0.4, 0.5) is 5.82 Å². The van der Waals surface area contributed by atoms with E-state index in [0.29, 0.717) is 42.7 Å². The number of fused-ring (bicyclic) bond motifs is 1. The number of aliphatic hydroxyl groups excluding tert-OH is 1. The van der Waals surface area contributed by atoms with Crippen molar-refractivity contribution in [3.05, 3.63) is 48.5 Å². The number of nitrogens with two attached hydrogens (primary N) is 1. The lowest BCUT2D eigenvalue weighted by atomic mass is 9.94. The fraction of sp³-hybridized carbons (Fsp3) is 0.348. The van der Waals surface area contributed by atoms with E-state index in [-0.39, 0.29) is 22.9 Å². The summed E-state index contributed by atoms with van der Waals surface area (Å²) in [5.41, 5.74) is 10.5. The lowest BCUT2D eigenvalue weighted by molar-refractivity contribution is 0.120. The number of sulfonamides is 1. The molecule has 0 spiro atoms. The summed E-state index contributed by atoms with van der Waals surface area (Å²) in [5, 5.41) is 13.9. The Hall–Kier alpha value is -3.28. The monoisotopic (exact) mass is 481 g/mol. The number of rotatable bonds is 5. The van der Waals surface area contributed by atoms with E-state index in [1.54, 1.807) is 35.3 Å². The van der Waals surface area contributed by atoms with Crippen LogP contribution in [0.25, 0.3) is 28.2 Å². The molecule has 3 aromatic heterocycles. The smallest absolute Gasteiger partial charge is 0.240 e. The van der Waals surface area contributed by atoms with E-state index in [1.165, 1.54) is 0 Å². The molecule has 34 heavy (non-hydrogen) atoms. The maximum atomic E-state index is 13.1. The van der Waals surface area contributed by atoms with Crippen LogP contribution in [0.1, 0.15) is 31.2 Å². The molecule has 1 saturated carbocycles. The SMILES string of the molecule is Cc1ccc(S(=O)(=O)NC2CCC(O)CC2)cc1-c1cnc2c(N)nc(-c3cnn(C)c3)cn12. The summed E-state index contributed by atoms with van der Waals surface area (Å²) in [7, 11) is -1.90.